The van der Waals surface area contributed by atoms with E-state index in [0.29, 0.717) is 11.8 Å². The lowest BCUT2D eigenvalue weighted by Crippen LogP contribution is -2.08. The second-order valence-electron chi connectivity index (χ2n) is 3.53. The monoisotopic (exact) mass is 260 g/mol. The molecule has 0 N–H and O–H groups in total. The number of alkyl halides is 1. The first kappa shape index (κ1) is 11.1. The summed E-state index contributed by atoms with van der Waals surface area (Å²) in [5.41, 5.74) is 1.25. The number of hydrogen-bond acceptors (Lipinski definition) is 0. The van der Waals surface area contributed by atoms with Crippen LogP contribution in [0.2, 0.25) is 5.02 Å². The molecule has 0 spiro atoms. The SMILES string of the molecule is CC(C)C(CBr)c1ccccc1Cl. The molecule has 1 atom stereocenters. The van der Waals surface area contributed by atoms with Gasteiger partial charge in [-0.05, 0) is 23.5 Å². The minimum atomic E-state index is 0.508. The van der Waals surface area contributed by atoms with E-state index in [9.17, 15) is 0 Å². The molecule has 0 fully saturated rings. The van der Waals surface area contributed by atoms with Crippen LogP contribution in [0.3, 0.4) is 0 Å². The van der Waals surface area contributed by atoms with Gasteiger partial charge in [-0.1, -0.05) is 59.6 Å². The van der Waals surface area contributed by atoms with Crippen LogP contribution in [0.4, 0.5) is 0 Å². The third-order valence-electron chi connectivity index (χ3n) is 2.28. The zero-order valence-corrected chi connectivity index (χ0v) is 10.3. The van der Waals surface area contributed by atoms with Crippen molar-refractivity contribution in [2.75, 3.05) is 5.33 Å². The maximum absolute atomic E-state index is 6.12. The van der Waals surface area contributed by atoms with Gasteiger partial charge in [-0.25, -0.2) is 0 Å². The van der Waals surface area contributed by atoms with Crippen LogP contribution >= 0.6 is 27.5 Å². The molecule has 0 aliphatic rings. The van der Waals surface area contributed by atoms with Crippen LogP contribution in [0, 0.1) is 5.92 Å². The van der Waals surface area contributed by atoms with E-state index >= 15 is 0 Å². The number of halogens is 2. The molecule has 2 heteroatoms. The molecule has 1 aromatic carbocycles. The highest BCUT2D eigenvalue weighted by Crippen LogP contribution is 2.31. The van der Waals surface area contributed by atoms with Crippen molar-refractivity contribution >= 4 is 27.5 Å². The van der Waals surface area contributed by atoms with Crippen molar-refractivity contribution in [2.45, 2.75) is 19.8 Å². The smallest absolute Gasteiger partial charge is 0.0441 e. The summed E-state index contributed by atoms with van der Waals surface area (Å²) >= 11 is 9.65. The molecule has 13 heavy (non-hydrogen) atoms. The van der Waals surface area contributed by atoms with Crippen molar-refractivity contribution in [3.63, 3.8) is 0 Å². The van der Waals surface area contributed by atoms with Crippen LogP contribution in [-0.2, 0) is 0 Å². The molecule has 1 aromatic rings. The largest absolute Gasteiger partial charge is 0.0921 e. The lowest BCUT2D eigenvalue weighted by atomic mass is 9.90. The second kappa shape index (κ2) is 5.02. The van der Waals surface area contributed by atoms with Crippen LogP contribution < -0.4 is 0 Å². The highest BCUT2D eigenvalue weighted by Gasteiger charge is 2.16. The molecule has 1 unspecified atom stereocenters. The lowest BCUT2D eigenvalue weighted by Gasteiger charge is -2.19. The molecule has 1 rings (SSSR count). The third-order valence-corrected chi connectivity index (χ3v) is 3.32. The maximum Gasteiger partial charge on any atom is 0.0441 e. The van der Waals surface area contributed by atoms with Crippen LogP contribution in [0.5, 0.6) is 0 Å². The van der Waals surface area contributed by atoms with Gasteiger partial charge in [0.25, 0.3) is 0 Å². The second-order valence-corrected chi connectivity index (χ2v) is 4.58. The molecule has 0 bridgehead atoms. The first-order valence-electron chi connectivity index (χ1n) is 4.47. The molecule has 0 heterocycles. The average Bonchev–Trinajstić information content (AvgIpc) is 2.09. The summed E-state index contributed by atoms with van der Waals surface area (Å²) in [6.07, 6.45) is 0. The Kier molecular flexibility index (Phi) is 4.27. The van der Waals surface area contributed by atoms with Crippen molar-refractivity contribution in [1.29, 1.82) is 0 Å². The van der Waals surface area contributed by atoms with E-state index in [1.807, 2.05) is 18.2 Å². The Morgan fingerprint density at radius 2 is 1.92 bits per heavy atom. The fourth-order valence-corrected chi connectivity index (χ4v) is 2.77. The molecule has 0 saturated carbocycles. The minimum Gasteiger partial charge on any atom is -0.0921 e. The van der Waals surface area contributed by atoms with Crippen LogP contribution in [0.15, 0.2) is 24.3 Å². The molecule has 0 radical (unpaired) electrons. The normalized spacial score (nSPS) is 13.3. The van der Waals surface area contributed by atoms with Crippen molar-refractivity contribution in [2.24, 2.45) is 5.92 Å². The third kappa shape index (κ3) is 2.72. The first-order chi connectivity index (χ1) is 6.16. The van der Waals surface area contributed by atoms with Gasteiger partial charge in [-0.2, -0.15) is 0 Å². The molecular weight excluding hydrogens is 247 g/mol. The van der Waals surface area contributed by atoms with E-state index in [1.165, 1.54) is 5.56 Å². The van der Waals surface area contributed by atoms with Gasteiger partial charge >= 0.3 is 0 Å². The van der Waals surface area contributed by atoms with Gasteiger partial charge in [-0.3, -0.25) is 0 Å². The van der Waals surface area contributed by atoms with Gasteiger partial charge in [0.1, 0.15) is 0 Å². The molecule has 0 saturated heterocycles. The summed E-state index contributed by atoms with van der Waals surface area (Å²) in [4.78, 5) is 0. The molecule has 0 aliphatic heterocycles. The van der Waals surface area contributed by atoms with E-state index in [-0.39, 0.29) is 0 Å². The molecular formula is C11H14BrCl. The van der Waals surface area contributed by atoms with E-state index in [0.717, 1.165) is 10.4 Å². The summed E-state index contributed by atoms with van der Waals surface area (Å²) in [6.45, 7) is 4.44. The van der Waals surface area contributed by atoms with E-state index < -0.39 is 0 Å². The Labute approximate surface area is 93.4 Å². The lowest BCUT2D eigenvalue weighted by molar-refractivity contribution is 0.544. The van der Waals surface area contributed by atoms with Crippen molar-refractivity contribution < 1.29 is 0 Å². The van der Waals surface area contributed by atoms with Gasteiger partial charge in [0.05, 0.1) is 0 Å². The van der Waals surface area contributed by atoms with Crippen LogP contribution in [-0.4, -0.2) is 5.33 Å². The number of benzene rings is 1. The average molecular weight is 262 g/mol. The number of rotatable bonds is 3. The maximum atomic E-state index is 6.12. The molecule has 0 aromatic heterocycles. The quantitative estimate of drug-likeness (QED) is 0.704. The van der Waals surface area contributed by atoms with Crippen LogP contribution in [0.25, 0.3) is 0 Å². The first-order valence-corrected chi connectivity index (χ1v) is 5.97. The molecule has 0 nitrogen and oxygen atoms in total. The fraction of sp³-hybridized carbons (Fsp3) is 0.455. The van der Waals surface area contributed by atoms with Gasteiger partial charge in [0.2, 0.25) is 0 Å². The minimum absolute atomic E-state index is 0.508. The van der Waals surface area contributed by atoms with Crippen molar-refractivity contribution in [3.8, 4) is 0 Å². The Morgan fingerprint density at radius 1 is 1.31 bits per heavy atom. The fourth-order valence-electron chi connectivity index (χ4n) is 1.40. The topological polar surface area (TPSA) is 0 Å². The van der Waals surface area contributed by atoms with Gasteiger partial charge in [0.15, 0.2) is 0 Å². The highest BCUT2D eigenvalue weighted by molar-refractivity contribution is 9.09. The summed E-state index contributed by atoms with van der Waals surface area (Å²) < 4.78 is 0. The summed E-state index contributed by atoms with van der Waals surface area (Å²) in [7, 11) is 0. The molecule has 0 aliphatic carbocycles. The summed E-state index contributed by atoms with van der Waals surface area (Å²) in [6, 6.07) is 8.07. The number of hydrogen-bond donors (Lipinski definition) is 0. The van der Waals surface area contributed by atoms with Crippen LogP contribution in [0.1, 0.15) is 25.3 Å². The van der Waals surface area contributed by atoms with Crippen molar-refractivity contribution in [1.82, 2.24) is 0 Å². The van der Waals surface area contributed by atoms with Gasteiger partial charge in [0, 0.05) is 10.4 Å². The van der Waals surface area contributed by atoms with E-state index in [2.05, 4.69) is 35.8 Å². The van der Waals surface area contributed by atoms with Gasteiger partial charge in [-0.15, -0.1) is 0 Å². The highest BCUT2D eigenvalue weighted by atomic mass is 79.9. The van der Waals surface area contributed by atoms with E-state index in [4.69, 9.17) is 11.6 Å². The van der Waals surface area contributed by atoms with Crippen molar-refractivity contribution in [3.05, 3.63) is 34.9 Å². The Balaban J connectivity index is 2.97. The standard InChI is InChI=1S/C11H14BrCl/c1-8(2)10(7-12)9-5-3-4-6-11(9)13/h3-6,8,10H,7H2,1-2H3. The summed E-state index contributed by atoms with van der Waals surface area (Å²) in [5, 5.41) is 1.84. The predicted molar refractivity (Wildman–Crippen MR) is 62.8 cm³/mol. The van der Waals surface area contributed by atoms with Gasteiger partial charge < -0.3 is 0 Å². The zero-order valence-electron chi connectivity index (χ0n) is 7.93. The Bertz CT molecular complexity index is 271. The Hall–Kier alpha value is -0.0100. The predicted octanol–water partition coefficient (Wildman–Crippen LogP) is 4.47. The molecule has 0 amide bonds. The summed E-state index contributed by atoms with van der Waals surface area (Å²) in [5.74, 6) is 1.12. The zero-order chi connectivity index (χ0) is 9.84. The molecule has 72 valence electrons. The Morgan fingerprint density at radius 3 is 2.38 bits per heavy atom. The van der Waals surface area contributed by atoms with E-state index in [1.54, 1.807) is 0 Å².